The van der Waals surface area contributed by atoms with Gasteiger partial charge in [0.2, 0.25) is 5.91 Å². The highest BCUT2D eigenvalue weighted by molar-refractivity contribution is 7.91. The lowest BCUT2D eigenvalue weighted by molar-refractivity contribution is -0.121. The first kappa shape index (κ1) is 20.9. The molecular weight excluding hydrogens is 400 g/mol. The third-order valence-corrected chi connectivity index (χ3v) is 7.42. The van der Waals surface area contributed by atoms with E-state index in [9.17, 15) is 13.2 Å². The zero-order valence-electron chi connectivity index (χ0n) is 17.0. The Morgan fingerprint density at radius 1 is 1.00 bits per heavy atom. The summed E-state index contributed by atoms with van der Waals surface area (Å²) >= 11 is 0. The number of ether oxygens (including phenoxy) is 1. The van der Waals surface area contributed by atoms with Crippen molar-refractivity contribution in [3.63, 3.8) is 0 Å². The van der Waals surface area contributed by atoms with E-state index in [0.717, 1.165) is 24.2 Å². The molecule has 1 aliphatic heterocycles. The van der Waals surface area contributed by atoms with Gasteiger partial charge in [-0.1, -0.05) is 36.4 Å². The van der Waals surface area contributed by atoms with Crippen LogP contribution in [0.1, 0.15) is 37.3 Å². The Balaban J connectivity index is 1.50. The molecule has 0 bridgehead atoms. The van der Waals surface area contributed by atoms with Crippen LogP contribution in [0.4, 0.5) is 5.69 Å². The van der Waals surface area contributed by atoms with E-state index >= 15 is 0 Å². The van der Waals surface area contributed by atoms with Crippen LogP contribution in [0.5, 0.6) is 5.75 Å². The van der Waals surface area contributed by atoms with Gasteiger partial charge in [0, 0.05) is 24.8 Å². The number of nitrogens with one attached hydrogen (secondary N) is 1. The number of benzene rings is 2. The highest BCUT2D eigenvalue weighted by Gasteiger charge is 2.32. The molecule has 1 heterocycles. The summed E-state index contributed by atoms with van der Waals surface area (Å²) in [5, 5.41) is 3.01. The zero-order valence-corrected chi connectivity index (χ0v) is 17.8. The van der Waals surface area contributed by atoms with E-state index in [0.29, 0.717) is 18.8 Å². The Kier molecular flexibility index (Phi) is 6.39. The molecule has 1 saturated carbocycles. The number of sulfone groups is 1. The number of hydrogen-bond acceptors (Lipinski definition) is 5. The van der Waals surface area contributed by atoms with Crippen LogP contribution in [0.3, 0.4) is 0 Å². The van der Waals surface area contributed by atoms with E-state index < -0.39 is 15.9 Å². The minimum Gasteiger partial charge on any atom is -0.490 e. The number of nitrogens with zero attached hydrogens (tertiary/aromatic N) is 1. The van der Waals surface area contributed by atoms with Gasteiger partial charge < -0.3 is 10.1 Å². The molecule has 1 amide bonds. The topological polar surface area (TPSA) is 75.7 Å². The van der Waals surface area contributed by atoms with Crippen molar-refractivity contribution in [1.82, 2.24) is 4.90 Å². The van der Waals surface area contributed by atoms with Crippen molar-refractivity contribution in [3.8, 4) is 5.75 Å². The molecule has 160 valence electrons. The van der Waals surface area contributed by atoms with Gasteiger partial charge in [-0.2, -0.15) is 0 Å². The van der Waals surface area contributed by atoms with E-state index in [1.165, 1.54) is 12.8 Å². The minimum absolute atomic E-state index is 0.0777. The van der Waals surface area contributed by atoms with Gasteiger partial charge in [-0.3, -0.25) is 9.69 Å². The molecule has 6 nitrogen and oxygen atoms in total. The first-order valence-corrected chi connectivity index (χ1v) is 12.4. The van der Waals surface area contributed by atoms with Gasteiger partial charge in [-0.05, 0) is 43.4 Å². The zero-order chi connectivity index (χ0) is 21.0. The molecule has 1 N–H and O–H groups in total. The fourth-order valence-electron chi connectivity index (χ4n) is 4.20. The number of rotatable bonds is 6. The molecule has 0 radical (unpaired) electrons. The van der Waals surface area contributed by atoms with Crippen LogP contribution < -0.4 is 10.1 Å². The maximum atomic E-state index is 13.3. The van der Waals surface area contributed by atoms with E-state index in [1.807, 2.05) is 59.5 Å². The second-order valence-corrected chi connectivity index (χ2v) is 10.3. The normalized spacial score (nSPS) is 20.5. The third kappa shape index (κ3) is 5.21. The fraction of sp³-hybridized carbons (Fsp3) is 0.435. The molecule has 4 rings (SSSR count). The van der Waals surface area contributed by atoms with Crippen LogP contribution in [0, 0.1) is 0 Å². The smallest absolute Gasteiger partial charge is 0.246 e. The Morgan fingerprint density at radius 3 is 2.40 bits per heavy atom. The van der Waals surface area contributed by atoms with Crippen LogP contribution in [0.25, 0.3) is 0 Å². The number of hydrogen-bond donors (Lipinski definition) is 1. The molecule has 2 aromatic carbocycles. The minimum atomic E-state index is -3.02. The number of amides is 1. The van der Waals surface area contributed by atoms with Gasteiger partial charge in [0.1, 0.15) is 11.8 Å². The van der Waals surface area contributed by atoms with Crippen LogP contribution in [0.2, 0.25) is 0 Å². The molecule has 0 aromatic heterocycles. The van der Waals surface area contributed by atoms with Crippen molar-refractivity contribution < 1.29 is 17.9 Å². The Morgan fingerprint density at radius 2 is 1.70 bits per heavy atom. The molecule has 1 unspecified atom stereocenters. The summed E-state index contributed by atoms with van der Waals surface area (Å²) in [5.41, 5.74) is 1.54. The summed E-state index contributed by atoms with van der Waals surface area (Å²) in [4.78, 5) is 15.2. The van der Waals surface area contributed by atoms with Crippen molar-refractivity contribution in [2.45, 2.75) is 37.8 Å². The number of anilines is 1. The lowest BCUT2D eigenvalue weighted by atomic mass is 10.0. The number of carbonyl (C=O) groups excluding carboxylic acids is 1. The van der Waals surface area contributed by atoms with Crippen molar-refractivity contribution in [2.24, 2.45) is 0 Å². The molecule has 2 aliphatic rings. The summed E-state index contributed by atoms with van der Waals surface area (Å²) in [6.07, 6.45) is 4.80. The molecule has 1 aliphatic carbocycles. The van der Waals surface area contributed by atoms with Gasteiger partial charge in [0.25, 0.3) is 0 Å². The molecule has 2 fully saturated rings. The van der Waals surface area contributed by atoms with Crippen LogP contribution in [-0.2, 0) is 14.6 Å². The van der Waals surface area contributed by atoms with Gasteiger partial charge in [0.15, 0.2) is 9.84 Å². The SMILES string of the molecule is O=C(Nc1cccc(OC2CCCC2)c1)C(c1ccccc1)N1CCS(=O)(=O)CC1. The van der Waals surface area contributed by atoms with Crippen molar-refractivity contribution >= 4 is 21.4 Å². The van der Waals surface area contributed by atoms with Gasteiger partial charge in [-0.25, -0.2) is 8.42 Å². The average Bonchev–Trinajstić information content (AvgIpc) is 3.23. The summed E-state index contributed by atoms with van der Waals surface area (Å²) in [6.45, 7) is 0.695. The maximum Gasteiger partial charge on any atom is 0.246 e. The Hall–Kier alpha value is -2.38. The van der Waals surface area contributed by atoms with Crippen molar-refractivity contribution in [1.29, 1.82) is 0 Å². The van der Waals surface area contributed by atoms with Gasteiger partial charge in [0.05, 0.1) is 17.6 Å². The predicted molar refractivity (Wildman–Crippen MR) is 117 cm³/mol. The molecule has 2 aromatic rings. The highest BCUT2D eigenvalue weighted by Crippen LogP contribution is 2.28. The largest absolute Gasteiger partial charge is 0.490 e. The van der Waals surface area contributed by atoms with E-state index in [4.69, 9.17) is 4.74 Å². The van der Waals surface area contributed by atoms with E-state index in [-0.39, 0.29) is 23.5 Å². The Labute approximate surface area is 178 Å². The molecule has 7 heteroatoms. The van der Waals surface area contributed by atoms with Crippen LogP contribution >= 0.6 is 0 Å². The summed E-state index contributed by atoms with van der Waals surface area (Å²) in [5.74, 6) is 0.751. The predicted octanol–water partition coefficient (Wildman–Crippen LogP) is 3.42. The van der Waals surface area contributed by atoms with Gasteiger partial charge >= 0.3 is 0 Å². The Bertz CT molecular complexity index is 958. The first-order valence-electron chi connectivity index (χ1n) is 10.6. The first-order chi connectivity index (χ1) is 14.5. The lowest BCUT2D eigenvalue weighted by Gasteiger charge is -2.33. The highest BCUT2D eigenvalue weighted by atomic mass is 32.2. The molecule has 1 atom stereocenters. The summed E-state index contributed by atoms with van der Waals surface area (Å²) in [7, 11) is -3.02. The summed E-state index contributed by atoms with van der Waals surface area (Å²) < 4.78 is 29.8. The van der Waals surface area contributed by atoms with E-state index in [2.05, 4.69) is 5.32 Å². The second-order valence-electron chi connectivity index (χ2n) is 8.04. The standard InChI is InChI=1S/C23H28N2O4S/c26-23(24-19-9-6-12-21(17-19)29-20-10-4-5-11-20)22(18-7-2-1-3-8-18)25-13-15-30(27,28)16-14-25/h1-3,6-9,12,17,20,22H,4-5,10-11,13-16H2,(H,24,26). The fourth-order valence-corrected chi connectivity index (χ4v) is 5.43. The monoisotopic (exact) mass is 428 g/mol. The maximum absolute atomic E-state index is 13.3. The van der Waals surface area contributed by atoms with Crippen LogP contribution in [0.15, 0.2) is 54.6 Å². The molecule has 0 spiro atoms. The molecule has 1 saturated heterocycles. The lowest BCUT2D eigenvalue weighted by Crippen LogP contribution is -2.46. The summed E-state index contributed by atoms with van der Waals surface area (Å²) in [6, 6.07) is 16.5. The number of carbonyl (C=O) groups is 1. The van der Waals surface area contributed by atoms with E-state index in [1.54, 1.807) is 0 Å². The molecule has 30 heavy (non-hydrogen) atoms. The second kappa shape index (κ2) is 9.18. The quantitative estimate of drug-likeness (QED) is 0.763. The third-order valence-electron chi connectivity index (χ3n) is 5.81. The van der Waals surface area contributed by atoms with Crippen molar-refractivity contribution in [3.05, 3.63) is 60.2 Å². The average molecular weight is 429 g/mol. The van der Waals surface area contributed by atoms with Crippen LogP contribution in [-0.4, -0.2) is 49.9 Å². The van der Waals surface area contributed by atoms with Crippen molar-refractivity contribution in [2.75, 3.05) is 29.9 Å². The molecular formula is C23H28N2O4S. The van der Waals surface area contributed by atoms with Gasteiger partial charge in [-0.15, -0.1) is 0 Å².